The van der Waals surface area contributed by atoms with E-state index in [-0.39, 0.29) is 17.7 Å². The van der Waals surface area contributed by atoms with E-state index in [4.69, 9.17) is 23.2 Å². The second-order valence-corrected chi connectivity index (χ2v) is 6.68. The summed E-state index contributed by atoms with van der Waals surface area (Å²) in [4.78, 5) is 25.2. The van der Waals surface area contributed by atoms with Gasteiger partial charge >= 0.3 is 0 Å². The molecular weight excluding hydrogens is 371 g/mol. The first-order valence-corrected chi connectivity index (χ1v) is 8.71. The highest BCUT2D eigenvalue weighted by Gasteiger charge is 2.13. The molecule has 0 fully saturated rings. The van der Waals surface area contributed by atoms with E-state index < -0.39 is 5.91 Å². The maximum Gasteiger partial charge on any atom is 0.263 e. The molecule has 0 spiro atoms. The Labute approximate surface area is 161 Å². The molecule has 1 heterocycles. The maximum absolute atomic E-state index is 12.7. The Kier molecular flexibility index (Phi) is 5.45. The summed E-state index contributed by atoms with van der Waals surface area (Å²) in [7, 11) is 0. The predicted molar refractivity (Wildman–Crippen MR) is 105 cm³/mol. The highest BCUT2D eigenvalue weighted by Crippen LogP contribution is 2.20. The summed E-state index contributed by atoms with van der Waals surface area (Å²) in [5.74, 6) is -0.483. The minimum absolute atomic E-state index is 0.0521. The van der Waals surface area contributed by atoms with Crippen LogP contribution in [0.1, 0.15) is 21.5 Å². The smallest absolute Gasteiger partial charge is 0.263 e. The molecule has 0 aliphatic carbocycles. The molecule has 0 radical (unpaired) electrons. The van der Waals surface area contributed by atoms with Crippen LogP contribution in [0, 0.1) is 6.92 Å². The minimum Gasteiger partial charge on any atom is -0.322 e. The number of rotatable bonds is 4. The lowest BCUT2D eigenvalue weighted by molar-refractivity contribution is 0.102. The number of hydrogen-bond acceptors (Lipinski definition) is 2. The van der Waals surface area contributed by atoms with Crippen LogP contribution in [0.5, 0.6) is 0 Å². The first-order chi connectivity index (χ1) is 12.5. The molecule has 2 aromatic carbocycles. The number of benzene rings is 2. The van der Waals surface area contributed by atoms with Gasteiger partial charge in [-0.05, 0) is 48.4 Å². The van der Waals surface area contributed by atoms with E-state index in [2.05, 4.69) is 5.32 Å². The SMILES string of the molecule is Cc1ccc(NC(=O)c2cccn(Cc3ccccc3Cl)c2=O)cc1Cl. The molecule has 26 heavy (non-hydrogen) atoms. The number of nitrogens with zero attached hydrogens (tertiary/aromatic N) is 1. The van der Waals surface area contributed by atoms with Crippen molar-refractivity contribution in [1.29, 1.82) is 0 Å². The van der Waals surface area contributed by atoms with E-state index in [1.165, 1.54) is 10.6 Å². The van der Waals surface area contributed by atoms with Gasteiger partial charge in [-0.1, -0.05) is 47.5 Å². The largest absolute Gasteiger partial charge is 0.322 e. The third kappa shape index (κ3) is 3.98. The Morgan fingerprint density at radius 3 is 2.54 bits per heavy atom. The number of carbonyl (C=O) groups excluding carboxylic acids is 1. The summed E-state index contributed by atoms with van der Waals surface area (Å²) in [6, 6.07) is 15.6. The highest BCUT2D eigenvalue weighted by molar-refractivity contribution is 6.31. The standard InChI is InChI=1S/C20H16Cl2N2O2/c1-13-8-9-15(11-18(13)22)23-19(25)16-6-4-10-24(20(16)26)12-14-5-2-3-7-17(14)21/h2-11H,12H2,1H3,(H,23,25). The van der Waals surface area contributed by atoms with Gasteiger partial charge in [-0.2, -0.15) is 0 Å². The highest BCUT2D eigenvalue weighted by atomic mass is 35.5. The zero-order valence-electron chi connectivity index (χ0n) is 14.0. The van der Waals surface area contributed by atoms with Crippen LogP contribution in [0.2, 0.25) is 10.0 Å². The van der Waals surface area contributed by atoms with Crippen LogP contribution in [-0.2, 0) is 6.54 Å². The molecular formula is C20H16Cl2N2O2. The Balaban J connectivity index is 1.86. The maximum atomic E-state index is 12.7. The van der Waals surface area contributed by atoms with Gasteiger partial charge in [0.1, 0.15) is 5.56 Å². The lowest BCUT2D eigenvalue weighted by atomic mass is 10.2. The van der Waals surface area contributed by atoms with E-state index in [1.807, 2.05) is 25.1 Å². The van der Waals surface area contributed by atoms with Crippen molar-refractivity contribution in [2.45, 2.75) is 13.5 Å². The van der Waals surface area contributed by atoms with Crippen LogP contribution >= 0.6 is 23.2 Å². The normalized spacial score (nSPS) is 10.6. The molecule has 1 amide bonds. The van der Waals surface area contributed by atoms with Gasteiger partial charge in [0.15, 0.2) is 0 Å². The van der Waals surface area contributed by atoms with Crippen molar-refractivity contribution < 1.29 is 4.79 Å². The summed E-state index contributed by atoms with van der Waals surface area (Å²) in [6.45, 7) is 2.16. The van der Waals surface area contributed by atoms with E-state index in [0.717, 1.165) is 11.1 Å². The van der Waals surface area contributed by atoms with Gasteiger partial charge in [-0.15, -0.1) is 0 Å². The number of aryl methyl sites for hydroxylation is 1. The van der Waals surface area contributed by atoms with E-state index >= 15 is 0 Å². The van der Waals surface area contributed by atoms with E-state index in [1.54, 1.807) is 36.5 Å². The zero-order valence-corrected chi connectivity index (χ0v) is 15.5. The van der Waals surface area contributed by atoms with Crippen molar-refractivity contribution in [3.63, 3.8) is 0 Å². The lowest BCUT2D eigenvalue weighted by Crippen LogP contribution is -2.29. The molecule has 0 atom stereocenters. The molecule has 6 heteroatoms. The molecule has 4 nitrogen and oxygen atoms in total. The average molecular weight is 387 g/mol. The molecule has 132 valence electrons. The number of pyridine rings is 1. The number of nitrogens with one attached hydrogen (secondary N) is 1. The minimum atomic E-state index is -0.483. The monoisotopic (exact) mass is 386 g/mol. The van der Waals surface area contributed by atoms with Gasteiger partial charge in [0, 0.05) is 21.9 Å². The van der Waals surface area contributed by atoms with Crippen molar-refractivity contribution in [2.24, 2.45) is 0 Å². The van der Waals surface area contributed by atoms with Crippen LogP contribution in [0.4, 0.5) is 5.69 Å². The van der Waals surface area contributed by atoms with Crippen LogP contribution in [0.3, 0.4) is 0 Å². The summed E-state index contributed by atoms with van der Waals surface area (Å²) in [5.41, 5.74) is 1.91. The van der Waals surface area contributed by atoms with Crippen LogP contribution in [0.15, 0.2) is 65.6 Å². The first kappa shape index (κ1) is 18.2. The fraction of sp³-hybridized carbons (Fsp3) is 0.100. The number of amides is 1. The number of aromatic nitrogens is 1. The van der Waals surface area contributed by atoms with Gasteiger partial charge in [0.2, 0.25) is 0 Å². The number of hydrogen-bond donors (Lipinski definition) is 1. The summed E-state index contributed by atoms with van der Waals surface area (Å²) in [6.07, 6.45) is 1.63. The van der Waals surface area contributed by atoms with Crippen molar-refractivity contribution in [3.8, 4) is 0 Å². The number of halogens is 2. The molecule has 0 aliphatic heterocycles. The fourth-order valence-corrected chi connectivity index (χ4v) is 2.89. The van der Waals surface area contributed by atoms with Crippen LogP contribution < -0.4 is 10.9 Å². The molecule has 0 bridgehead atoms. The zero-order chi connectivity index (χ0) is 18.7. The molecule has 3 rings (SSSR count). The first-order valence-electron chi connectivity index (χ1n) is 7.96. The molecule has 1 aromatic heterocycles. The summed E-state index contributed by atoms with van der Waals surface area (Å²) >= 11 is 12.2. The second kappa shape index (κ2) is 7.77. The van der Waals surface area contributed by atoms with Gasteiger partial charge in [0.05, 0.1) is 6.54 Å². The van der Waals surface area contributed by atoms with Gasteiger partial charge < -0.3 is 9.88 Å². The quantitative estimate of drug-likeness (QED) is 0.702. The third-order valence-corrected chi connectivity index (χ3v) is 4.77. The summed E-state index contributed by atoms with van der Waals surface area (Å²) < 4.78 is 1.46. The van der Waals surface area contributed by atoms with Crippen molar-refractivity contribution >= 4 is 34.8 Å². The fourth-order valence-electron chi connectivity index (χ4n) is 2.51. The van der Waals surface area contributed by atoms with E-state index in [0.29, 0.717) is 15.7 Å². The van der Waals surface area contributed by atoms with Gasteiger partial charge in [0.25, 0.3) is 11.5 Å². The van der Waals surface area contributed by atoms with Crippen molar-refractivity contribution in [3.05, 3.63) is 97.9 Å². The molecule has 0 aliphatic rings. The average Bonchev–Trinajstić information content (AvgIpc) is 2.61. The lowest BCUT2D eigenvalue weighted by Gasteiger charge is -2.10. The summed E-state index contributed by atoms with van der Waals surface area (Å²) in [5, 5.41) is 3.83. The van der Waals surface area contributed by atoms with Crippen LogP contribution in [0.25, 0.3) is 0 Å². The number of carbonyl (C=O) groups is 1. The van der Waals surface area contributed by atoms with Gasteiger partial charge in [-0.3, -0.25) is 9.59 Å². The Morgan fingerprint density at radius 2 is 1.81 bits per heavy atom. The predicted octanol–water partition coefficient (Wildman–Crippen LogP) is 4.76. The van der Waals surface area contributed by atoms with Crippen molar-refractivity contribution in [2.75, 3.05) is 5.32 Å². The van der Waals surface area contributed by atoms with Crippen molar-refractivity contribution in [1.82, 2.24) is 4.57 Å². The molecule has 0 saturated carbocycles. The van der Waals surface area contributed by atoms with Gasteiger partial charge in [-0.25, -0.2) is 0 Å². The molecule has 0 unspecified atom stereocenters. The Bertz CT molecular complexity index is 1030. The third-order valence-electron chi connectivity index (χ3n) is 3.99. The molecule has 0 saturated heterocycles. The molecule has 1 N–H and O–H groups in total. The number of anilines is 1. The molecule has 3 aromatic rings. The van der Waals surface area contributed by atoms with E-state index in [9.17, 15) is 9.59 Å². The van der Waals surface area contributed by atoms with Crippen LogP contribution in [-0.4, -0.2) is 10.5 Å². The Morgan fingerprint density at radius 1 is 1.04 bits per heavy atom. The Hall–Kier alpha value is -2.56. The second-order valence-electron chi connectivity index (χ2n) is 5.86. The topological polar surface area (TPSA) is 51.1 Å².